The lowest BCUT2D eigenvalue weighted by atomic mass is 10.3. The van der Waals surface area contributed by atoms with Crippen molar-refractivity contribution < 1.29 is 17.6 Å². The summed E-state index contributed by atoms with van der Waals surface area (Å²) in [5.74, 6) is 0.859. The Morgan fingerprint density at radius 2 is 1.83 bits per heavy atom. The van der Waals surface area contributed by atoms with Gasteiger partial charge in [-0.2, -0.15) is 4.31 Å². The van der Waals surface area contributed by atoms with Gasteiger partial charge in [0.25, 0.3) is 0 Å². The number of rotatable bonds is 5. The third-order valence-electron chi connectivity index (χ3n) is 3.86. The van der Waals surface area contributed by atoms with Crippen molar-refractivity contribution in [1.82, 2.24) is 4.31 Å². The van der Waals surface area contributed by atoms with Crippen molar-refractivity contribution in [1.29, 1.82) is 0 Å². The zero-order chi connectivity index (χ0) is 16.3. The number of nitrogens with zero attached hydrogens (tertiary/aromatic N) is 2. The number of ether oxygens (including phenoxy) is 1. The van der Waals surface area contributed by atoms with Crippen LogP contribution in [-0.4, -0.2) is 46.1 Å². The first-order valence-corrected chi connectivity index (χ1v) is 8.93. The van der Waals surface area contributed by atoms with Crippen molar-refractivity contribution >= 4 is 15.7 Å². The fraction of sp³-hybridized carbons (Fsp3) is 0.375. The lowest BCUT2D eigenvalue weighted by molar-refractivity contribution is 0.0730. The molecule has 1 aliphatic heterocycles. The standard InChI is InChI=1S/C16H20N2O4S/c1-17(13-15-3-2-10-22-15)14-4-6-16(7-5-14)23(19,20)18-8-11-21-12-9-18/h2-7,10H,8-9,11-13H2,1H3. The van der Waals surface area contributed by atoms with Crippen molar-refractivity contribution in [3.05, 3.63) is 48.4 Å². The summed E-state index contributed by atoms with van der Waals surface area (Å²) < 4.78 is 37.1. The van der Waals surface area contributed by atoms with Gasteiger partial charge >= 0.3 is 0 Å². The molecule has 0 spiro atoms. The maximum atomic E-state index is 12.6. The van der Waals surface area contributed by atoms with Crippen molar-refractivity contribution in [2.24, 2.45) is 0 Å². The quantitative estimate of drug-likeness (QED) is 0.835. The number of sulfonamides is 1. The Hall–Kier alpha value is -1.83. The molecule has 0 amide bonds. The molecule has 2 aromatic rings. The van der Waals surface area contributed by atoms with E-state index in [2.05, 4.69) is 0 Å². The molecule has 0 bridgehead atoms. The average molecular weight is 336 g/mol. The summed E-state index contributed by atoms with van der Waals surface area (Å²) in [6.07, 6.45) is 1.64. The van der Waals surface area contributed by atoms with Crippen LogP contribution in [0.4, 0.5) is 5.69 Å². The fourth-order valence-corrected chi connectivity index (χ4v) is 3.94. The second kappa shape index (κ2) is 6.74. The average Bonchev–Trinajstić information content (AvgIpc) is 3.09. The number of furan rings is 1. The monoisotopic (exact) mass is 336 g/mol. The Kier molecular flexibility index (Phi) is 4.70. The lowest BCUT2D eigenvalue weighted by Gasteiger charge is -2.26. The SMILES string of the molecule is CN(Cc1ccco1)c1ccc(S(=O)(=O)N2CCOCC2)cc1. The van der Waals surface area contributed by atoms with Crippen molar-refractivity contribution in [2.75, 3.05) is 38.3 Å². The van der Waals surface area contributed by atoms with E-state index in [1.807, 2.05) is 36.2 Å². The first kappa shape index (κ1) is 16.0. The highest BCUT2D eigenvalue weighted by molar-refractivity contribution is 7.89. The van der Waals surface area contributed by atoms with Crippen molar-refractivity contribution in [2.45, 2.75) is 11.4 Å². The van der Waals surface area contributed by atoms with E-state index in [1.165, 1.54) is 4.31 Å². The Morgan fingerprint density at radius 1 is 1.13 bits per heavy atom. The molecule has 7 heteroatoms. The molecule has 1 fully saturated rings. The highest BCUT2D eigenvalue weighted by atomic mass is 32.2. The largest absolute Gasteiger partial charge is 0.467 e. The summed E-state index contributed by atoms with van der Waals surface area (Å²) in [7, 11) is -1.50. The van der Waals surface area contributed by atoms with Crippen LogP contribution in [0, 0.1) is 0 Å². The molecule has 1 aromatic carbocycles. The van der Waals surface area contributed by atoms with Crippen LogP contribution in [0.2, 0.25) is 0 Å². The summed E-state index contributed by atoms with van der Waals surface area (Å²) in [5, 5.41) is 0. The van der Waals surface area contributed by atoms with E-state index in [9.17, 15) is 8.42 Å². The fourth-order valence-electron chi connectivity index (χ4n) is 2.54. The molecule has 1 aromatic heterocycles. The van der Waals surface area contributed by atoms with Gasteiger partial charge in [-0.1, -0.05) is 0 Å². The zero-order valence-electron chi connectivity index (χ0n) is 13.0. The van der Waals surface area contributed by atoms with Crippen LogP contribution < -0.4 is 4.90 Å². The first-order chi connectivity index (χ1) is 11.1. The van der Waals surface area contributed by atoms with Crippen LogP contribution in [0.15, 0.2) is 52.0 Å². The van der Waals surface area contributed by atoms with Crippen LogP contribution >= 0.6 is 0 Å². The highest BCUT2D eigenvalue weighted by Crippen LogP contribution is 2.22. The number of anilines is 1. The maximum Gasteiger partial charge on any atom is 0.243 e. The van der Waals surface area contributed by atoms with Crippen molar-refractivity contribution in [3.8, 4) is 0 Å². The van der Waals surface area contributed by atoms with Gasteiger partial charge in [0, 0.05) is 25.8 Å². The van der Waals surface area contributed by atoms with Crippen LogP contribution in [0.1, 0.15) is 5.76 Å². The molecular weight excluding hydrogens is 316 g/mol. The molecule has 1 aliphatic rings. The van der Waals surface area contributed by atoms with Gasteiger partial charge in [0.1, 0.15) is 5.76 Å². The third kappa shape index (κ3) is 3.57. The summed E-state index contributed by atoms with van der Waals surface area (Å²) in [5.41, 5.74) is 0.933. The number of morpholine rings is 1. The summed E-state index contributed by atoms with van der Waals surface area (Å²) >= 11 is 0. The molecule has 23 heavy (non-hydrogen) atoms. The molecule has 0 atom stereocenters. The number of benzene rings is 1. The van der Waals surface area contributed by atoms with Gasteiger partial charge in [0.2, 0.25) is 10.0 Å². The molecule has 0 unspecified atom stereocenters. The van der Waals surface area contributed by atoms with Gasteiger partial charge in [-0.15, -0.1) is 0 Å². The number of hydrogen-bond donors (Lipinski definition) is 0. The van der Waals surface area contributed by atoms with Gasteiger partial charge in [0.15, 0.2) is 0 Å². The summed E-state index contributed by atoms with van der Waals surface area (Å²) in [6, 6.07) is 10.7. The van der Waals surface area contributed by atoms with Gasteiger partial charge in [-0.05, 0) is 36.4 Å². The highest BCUT2D eigenvalue weighted by Gasteiger charge is 2.26. The second-order valence-corrected chi connectivity index (χ2v) is 7.38. The molecule has 0 aliphatic carbocycles. The Labute approximate surface area is 136 Å². The molecule has 6 nitrogen and oxygen atoms in total. The maximum absolute atomic E-state index is 12.6. The molecular formula is C16H20N2O4S. The van der Waals surface area contributed by atoms with Crippen molar-refractivity contribution in [3.63, 3.8) is 0 Å². The van der Waals surface area contributed by atoms with E-state index >= 15 is 0 Å². The smallest absolute Gasteiger partial charge is 0.243 e. The van der Waals surface area contributed by atoms with E-state index in [1.54, 1.807) is 18.4 Å². The topological polar surface area (TPSA) is 63.0 Å². The zero-order valence-corrected chi connectivity index (χ0v) is 13.8. The normalized spacial score (nSPS) is 16.4. The van der Waals surface area contributed by atoms with Gasteiger partial charge in [-0.3, -0.25) is 0 Å². The first-order valence-electron chi connectivity index (χ1n) is 7.49. The summed E-state index contributed by atoms with van der Waals surface area (Å²) in [6.45, 7) is 2.33. The molecule has 1 saturated heterocycles. The van der Waals surface area contributed by atoms with Crippen LogP contribution in [0.3, 0.4) is 0 Å². The molecule has 0 radical (unpaired) electrons. The van der Waals surface area contributed by atoms with E-state index in [0.717, 1.165) is 11.4 Å². The Balaban J connectivity index is 1.73. The van der Waals surface area contributed by atoms with E-state index in [0.29, 0.717) is 37.7 Å². The predicted octanol–water partition coefficient (Wildman–Crippen LogP) is 1.94. The minimum absolute atomic E-state index is 0.314. The minimum Gasteiger partial charge on any atom is -0.467 e. The Morgan fingerprint density at radius 3 is 2.43 bits per heavy atom. The molecule has 0 N–H and O–H groups in total. The van der Waals surface area contributed by atoms with Gasteiger partial charge in [0.05, 0.1) is 30.9 Å². The summed E-state index contributed by atoms with van der Waals surface area (Å²) in [4.78, 5) is 2.32. The van der Waals surface area contributed by atoms with E-state index < -0.39 is 10.0 Å². The van der Waals surface area contributed by atoms with Crippen LogP contribution in [0.25, 0.3) is 0 Å². The van der Waals surface area contributed by atoms with E-state index in [-0.39, 0.29) is 0 Å². The van der Waals surface area contributed by atoms with Gasteiger partial charge in [-0.25, -0.2) is 8.42 Å². The third-order valence-corrected chi connectivity index (χ3v) is 5.77. The van der Waals surface area contributed by atoms with E-state index in [4.69, 9.17) is 9.15 Å². The predicted molar refractivity (Wildman–Crippen MR) is 86.8 cm³/mol. The molecule has 0 saturated carbocycles. The Bertz CT molecular complexity index is 720. The molecule has 124 valence electrons. The van der Waals surface area contributed by atoms with Gasteiger partial charge < -0.3 is 14.1 Å². The van der Waals surface area contributed by atoms with Crippen LogP contribution in [-0.2, 0) is 21.3 Å². The minimum atomic E-state index is -3.44. The van der Waals surface area contributed by atoms with Crippen LogP contribution in [0.5, 0.6) is 0 Å². The number of hydrogen-bond acceptors (Lipinski definition) is 5. The molecule has 3 rings (SSSR count). The lowest BCUT2D eigenvalue weighted by Crippen LogP contribution is -2.40. The molecule has 2 heterocycles. The second-order valence-electron chi connectivity index (χ2n) is 5.45.